The van der Waals surface area contributed by atoms with Gasteiger partial charge in [0.2, 0.25) is 0 Å². The zero-order chi connectivity index (χ0) is 11.5. The molecule has 0 amide bonds. The summed E-state index contributed by atoms with van der Waals surface area (Å²) < 4.78 is 15.6. The van der Waals surface area contributed by atoms with Crippen LogP contribution in [0.5, 0.6) is 0 Å². The van der Waals surface area contributed by atoms with Crippen molar-refractivity contribution in [3.63, 3.8) is 0 Å². The Balaban J connectivity index is 1.78. The van der Waals surface area contributed by atoms with E-state index in [0.29, 0.717) is 19.8 Å². The number of rotatable bonds is 10. The van der Waals surface area contributed by atoms with Crippen molar-refractivity contribution in [1.82, 2.24) is 5.32 Å². The van der Waals surface area contributed by atoms with E-state index in [4.69, 9.17) is 13.9 Å². The van der Waals surface area contributed by atoms with Crippen LogP contribution in [0.4, 0.5) is 0 Å². The van der Waals surface area contributed by atoms with E-state index in [2.05, 4.69) is 12.2 Å². The van der Waals surface area contributed by atoms with Gasteiger partial charge in [-0.15, -0.1) is 0 Å². The quantitative estimate of drug-likeness (QED) is 0.619. The van der Waals surface area contributed by atoms with Crippen LogP contribution in [0.15, 0.2) is 23.0 Å². The second-order valence-electron chi connectivity index (χ2n) is 3.53. The van der Waals surface area contributed by atoms with Gasteiger partial charge in [-0.2, -0.15) is 0 Å². The predicted octanol–water partition coefficient (Wildman–Crippen LogP) is 1.81. The first-order chi connectivity index (χ1) is 7.93. The van der Waals surface area contributed by atoms with Gasteiger partial charge in [-0.25, -0.2) is 0 Å². The zero-order valence-electron chi connectivity index (χ0n) is 9.91. The molecule has 0 aromatic carbocycles. The minimum atomic E-state index is 0.674. The normalized spacial score (nSPS) is 10.8. The van der Waals surface area contributed by atoms with Crippen LogP contribution >= 0.6 is 0 Å². The summed E-state index contributed by atoms with van der Waals surface area (Å²) in [6, 6.07) is 1.95. The molecule has 0 spiro atoms. The summed E-state index contributed by atoms with van der Waals surface area (Å²) in [7, 11) is 0. The molecular weight excluding hydrogens is 206 g/mol. The fraction of sp³-hybridized carbons (Fsp3) is 0.667. The number of ether oxygens (including phenoxy) is 2. The van der Waals surface area contributed by atoms with Gasteiger partial charge in [-0.1, -0.05) is 6.92 Å². The van der Waals surface area contributed by atoms with Gasteiger partial charge in [0.25, 0.3) is 0 Å². The topological polar surface area (TPSA) is 43.6 Å². The highest BCUT2D eigenvalue weighted by Crippen LogP contribution is 1.97. The summed E-state index contributed by atoms with van der Waals surface area (Å²) in [6.07, 6.45) is 4.48. The SMILES string of the molecule is CCCOCCOCCNCc1ccoc1. The van der Waals surface area contributed by atoms with Crippen molar-refractivity contribution in [2.75, 3.05) is 33.0 Å². The van der Waals surface area contributed by atoms with Crippen LogP contribution in [-0.2, 0) is 16.0 Å². The van der Waals surface area contributed by atoms with Gasteiger partial charge >= 0.3 is 0 Å². The summed E-state index contributed by atoms with van der Waals surface area (Å²) in [5.74, 6) is 0. The van der Waals surface area contributed by atoms with Gasteiger partial charge in [0.1, 0.15) is 0 Å². The van der Waals surface area contributed by atoms with Gasteiger partial charge in [-0.05, 0) is 12.5 Å². The monoisotopic (exact) mass is 227 g/mol. The maximum absolute atomic E-state index is 5.39. The lowest BCUT2D eigenvalue weighted by atomic mass is 10.3. The molecule has 0 atom stereocenters. The molecule has 0 bridgehead atoms. The Bertz CT molecular complexity index is 236. The average molecular weight is 227 g/mol. The van der Waals surface area contributed by atoms with Crippen LogP contribution in [0.25, 0.3) is 0 Å². The fourth-order valence-corrected chi connectivity index (χ4v) is 1.24. The van der Waals surface area contributed by atoms with E-state index in [1.54, 1.807) is 12.5 Å². The Morgan fingerprint density at radius 2 is 2.00 bits per heavy atom. The van der Waals surface area contributed by atoms with Crippen molar-refractivity contribution >= 4 is 0 Å². The van der Waals surface area contributed by atoms with Gasteiger partial charge in [0, 0.05) is 25.3 Å². The molecule has 4 heteroatoms. The molecule has 0 aliphatic heterocycles. The second-order valence-corrected chi connectivity index (χ2v) is 3.53. The van der Waals surface area contributed by atoms with Crippen LogP contribution in [0.2, 0.25) is 0 Å². The number of nitrogens with one attached hydrogen (secondary N) is 1. The average Bonchev–Trinajstić information content (AvgIpc) is 2.80. The lowest BCUT2D eigenvalue weighted by molar-refractivity contribution is 0.0490. The fourth-order valence-electron chi connectivity index (χ4n) is 1.24. The highest BCUT2D eigenvalue weighted by molar-refractivity contribution is 5.04. The number of hydrogen-bond donors (Lipinski definition) is 1. The van der Waals surface area contributed by atoms with Crippen molar-refractivity contribution < 1.29 is 13.9 Å². The summed E-state index contributed by atoms with van der Waals surface area (Å²) in [6.45, 7) is 6.67. The van der Waals surface area contributed by atoms with Gasteiger partial charge in [-0.3, -0.25) is 0 Å². The Hall–Kier alpha value is -0.840. The molecule has 1 rings (SSSR count). The highest BCUT2D eigenvalue weighted by atomic mass is 16.5. The molecule has 1 heterocycles. The highest BCUT2D eigenvalue weighted by Gasteiger charge is 1.93. The molecule has 0 fully saturated rings. The summed E-state index contributed by atoms with van der Waals surface area (Å²) in [5.41, 5.74) is 1.16. The lowest BCUT2D eigenvalue weighted by Crippen LogP contribution is -2.20. The third-order valence-electron chi connectivity index (χ3n) is 2.05. The molecule has 1 N–H and O–H groups in total. The molecular formula is C12H21NO3. The van der Waals surface area contributed by atoms with E-state index in [-0.39, 0.29) is 0 Å². The van der Waals surface area contributed by atoms with Crippen LogP contribution < -0.4 is 5.32 Å². The first-order valence-electron chi connectivity index (χ1n) is 5.80. The lowest BCUT2D eigenvalue weighted by Gasteiger charge is -2.05. The minimum Gasteiger partial charge on any atom is -0.472 e. The maximum Gasteiger partial charge on any atom is 0.0947 e. The van der Waals surface area contributed by atoms with E-state index in [0.717, 1.165) is 31.7 Å². The molecule has 0 unspecified atom stereocenters. The Labute approximate surface area is 96.9 Å². The Morgan fingerprint density at radius 3 is 2.69 bits per heavy atom. The molecule has 0 aliphatic rings. The molecule has 0 radical (unpaired) electrons. The zero-order valence-corrected chi connectivity index (χ0v) is 9.91. The minimum absolute atomic E-state index is 0.674. The predicted molar refractivity (Wildman–Crippen MR) is 62.3 cm³/mol. The van der Waals surface area contributed by atoms with E-state index in [9.17, 15) is 0 Å². The van der Waals surface area contributed by atoms with E-state index < -0.39 is 0 Å². The standard InChI is InChI=1S/C12H21NO3/c1-2-5-14-8-9-15-7-4-13-10-12-3-6-16-11-12/h3,6,11,13H,2,4-5,7-10H2,1H3. The maximum atomic E-state index is 5.39. The molecule has 0 aliphatic carbocycles. The number of furan rings is 1. The Morgan fingerprint density at radius 1 is 1.19 bits per heavy atom. The smallest absolute Gasteiger partial charge is 0.0947 e. The number of hydrogen-bond acceptors (Lipinski definition) is 4. The largest absolute Gasteiger partial charge is 0.472 e. The molecule has 16 heavy (non-hydrogen) atoms. The molecule has 0 saturated carbocycles. The summed E-state index contributed by atoms with van der Waals surface area (Å²) in [5, 5.41) is 3.26. The molecule has 0 saturated heterocycles. The third-order valence-corrected chi connectivity index (χ3v) is 2.05. The van der Waals surface area contributed by atoms with Gasteiger partial charge < -0.3 is 19.2 Å². The van der Waals surface area contributed by atoms with E-state index in [1.807, 2.05) is 6.07 Å². The van der Waals surface area contributed by atoms with Crippen LogP contribution in [0, 0.1) is 0 Å². The van der Waals surface area contributed by atoms with Crippen molar-refractivity contribution in [3.8, 4) is 0 Å². The van der Waals surface area contributed by atoms with E-state index in [1.165, 1.54) is 0 Å². The Kier molecular flexibility index (Phi) is 7.76. The van der Waals surface area contributed by atoms with Crippen LogP contribution in [0.3, 0.4) is 0 Å². The molecule has 92 valence electrons. The van der Waals surface area contributed by atoms with Crippen molar-refractivity contribution in [3.05, 3.63) is 24.2 Å². The van der Waals surface area contributed by atoms with Gasteiger partial charge in [0.05, 0.1) is 32.3 Å². The van der Waals surface area contributed by atoms with Crippen LogP contribution in [-0.4, -0.2) is 33.0 Å². The summed E-state index contributed by atoms with van der Waals surface area (Å²) in [4.78, 5) is 0. The van der Waals surface area contributed by atoms with Crippen molar-refractivity contribution in [2.45, 2.75) is 19.9 Å². The van der Waals surface area contributed by atoms with Crippen LogP contribution in [0.1, 0.15) is 18.9 Å². The van der Waals surface area contributed by atoms with E-state index >= 15 is 0 Å². The molecule has 1 aromatic rings. The third kappa shape index (κ3) is 6.61. The first-order valence-corrected chi connectivity index (χ1v) is 5.80. The molecule has 4 nitrogen and oxygen atoms in total. The first kappa shape index (κ1) is 13.2. The summed E-state index contributed by atoms with van der Waals surface area (Å²) >= 11 is 0. The van der Waals surface area contributed by atoms with Gasteiger partial charge in [0.15, 0.2) is 0 Å². The van der Waals surface area contributed by atoms with Crippen molar-refractivity contribution in [2.24, 2.45) is 0 Å². The van der Waals surface area contributed by atoms with Crippen molar-refractivity contribution in [1.29, 1.82) is 0 Å². The second kappa shape index (κ2) is 9.39. The molecule has 1 aromatic heterocycles.